The molecule has 4 aliphatic rings. The molecule has 10 heteroatoms. The van der Waals surface area contributed by atoms with E-state index < -0.39 is 22.6 Å². The van der Waals surface area contributed by atoms with E-state index in [1.807, 2.05) is 31.2 Å². The van der Waals surface area contributed by atoms with Gasteiger partial charge in [0.05, 0.1) is 23.2 Å². The summed E-state index contributed by atoms with van der Waals surface area (Å²) in [7, 11) is 0. The van der Waals surface area contributed by atoms with Crippen LogP contribution < -0.4 is 15.4 Å². The molecular weight excluding hydrogens is 570 g/mol. The van der Waals surface area contributed by atoms with Gasteiger partial charge in [-0.3, -0.25) is 14.4 Å². The van der Waals surface area contributed by atoms with E-state index in [4.69, 9.17) is 4.74 Å². The van der Waals surface area contributed by atoms with Gasteiger partial charge < -0.3 is 25.4 Å². The van der Waals surface area contributed by atoms with Crippen molar-refractivity contribution in [2.24, 2.45) is 11.8 Å². The average Bonchev–Trinajstić information content (AvgIpc) is 3.49. The fraction of sp³-hybridized carbons (Fsp3) is 0.679. The minimum absolute atomic E-state index is 0.0370. The van der Waals surface area contributed by atoms with Crippen LogP contribution in [0.4, 0.5) is 5.69 Å². The Morgan fingerprint density at radius 1 is 1.16 bits per heavy atom. The van der Waals surface area contributed by atoms with E-state index in [1.165, 1.54) is 6.42 Å². The number of ether oxygens (including phenoxy) is 1. The number of amides is 3. The number of hydrogen-bond donors (Lipinski definition) is 3. The van der Waals surface area contributed by atoms with Gasteiger partial charge in [-0.05, 0) is 63.3 Å². The summed E-state index contributed by atoms with van der Waals surface area (Å²) in [5.74, 6) is -0.725. The van der Waals surface area contributed by atoms with Crippen LogP contribution in [0.3, 0.4) is 0 Å². The Kier molecular flexibility index (Phi) is 8.60. The van der Waals surface area contributed by atoms with Gasteiger partial charge in [-0.2, -0.15) is 0 Å². The number of hydrogen-bond acceptors (Lipinski definition) is 6. The highest BCUT2D eigenvalue weighted by molar-refractivity contribution is 9.09. The maximum atomic E-state index is 14.0. The molecular formula is C28H38BrN3O5S. The Balaban J connectivity index is 1.40. The number of fused-ring (bicyclic) bond motifs is 1. The lowest BCUT2D eigenvalue weighted by Crippen LogP contribution is -2.56. The van der Waals surface area contributed by atoms with Crippen LogP contribution >= 0.6 is 27.7 Å². The molecule has 4 fully saturated rings. The number of likely N-dealkylation sites (tertiary alicyclic amines) is 1. The normalized spacial score (nSPS) is 32.3. The molecule has 0 aromatic heterocycles. The van der Waals surface area contributed by atoms with Crippen molar-refractivity contribution < 1.29 is 24.2 Å². The summed E-state index contributed by atoms with van der Waals surface area (Å²) in [6, 6.07) is 6.78. The third kappa shape index (κ3) is 5.08. The van der Waals surface area contributed by atoms with Gasteiger partial charge in [0.15, 0.2) is 0 Å². The number of nitrogens with one attached hydrogen (secondary N) is 2. The lowest BCUT2D eigenvalue weighted by atomic mass is 9.70. The summed E-state index contributed by atoms with van der Waals surface area (Å²) >= 11 is 5.47. The number of unbranched alkanes of at least 4 members (excludes halogenated alkanes) is 1. The molecule has 0 radical (unpaired) electrons. The smallest absolute Gasteiger partial charge is 0.244 e. The molecule has 208 valence electrons. The van der Waals surface area contributed by atoms with Crippen LogP contribution in [-0.4, -0.2) is 74.4 Å². The number of carbonyl (C=O) groups excluding carboxylic acids is 3. The van der Waals surface area contributed by atoms with Gasteiger partial charge in [-0.25, -0.2) is 0 Å². The number of aliphatic hydroxyl groups is 1. The van der Waals surface area contributed by atoms with Crippen molar-refractivity contribution in [2.75, 3.05) is 25.1 Å². The zero-order valence-corrected chi connectivity index (χ0v) is 24.3. The van der Waals surface area contributed by atoms with E-state index in [9.17, 15) is 19.5 Å². The Morgan fingerprint density at radius 2 is 1.89 bits per heavy atom. The van der Waals surface area contributed by atoms with Crippen molar-refractivity contribution in [1.29, 1.82) is 0 Å². The number of halogens is 1. The zero-order chi connectivity index (χ0) is 26.9. The van der Waals surface area contributed by atoms with E-state index >= 15 is 0 Å². The molecule has 1 aliphatic carbocycles. The minimum Gasteiger partial charge on any atom is -0.494 e. The van der Waals surface area contributed by atoms with E-state index in [0.29, 0.717) is 38.1 Å². The SMILES string of the molecule is CCOc1ccc(NC(=O)[C@H]2[C@@H]3SC4(CC3Br)C(C(=O)NC3CCCCC3)N(CCCCO)C(=O)[C@H]24)cc1. The molecule has 3 saturated heterocycles. The van der Waals surface area contributed by atoms with Crippen LogP contribution in [0.1, 0.15) is 58.3 Å². The molecule has 3 aliphatic heterocycles. The number of aliphatic hydroxyl groups excluding tert-OH is 1. The topological polar surface area (TPSA) is 108 Å². The van der Waals surface area contributed by atoms with E-state index in [0.717, 1.165) is 31.4 Å². The number of nitrogens with zero attached hydrogens (tertiary/aromatic N) is 1. The molecule has 1 aromatic carbocycles. The second kappa shape index (κ2) is 11.8. The third-order valence-corrected chi connectivity index (χ3v) is 11.8. The Bertz CT molecular complexity index is 1040. The van der Waals surface area contributed by atoms with Crippen LogP contribution in [0.2, 0.25) is 0 Å². The monoisotopic (exact) mass is 607 g/mol. The van der Waals surface area contributed by atoms with Crippen LogP contribution in [0, 0.1) is 11.8 Å². The Labute approximate surface area is 237 Å². The van der Waals surface area contributed by atoms with Crippen molar-refractivity contribution in [3.05, 3.63) is 24.3 Å². The molecule has 3 heterocycles. The van der Waals surface area contributed by atoms with Gasteiger partial charge in [0.2, 0.25) is 17.7 Å². The second-order valence-corrected chi connectivity index (χ2v) is 13.6. The summed E-state index contributed by atoms with van der Waals surface area (Å²) in [6.07, 6.45) is 7.21. The van der Waals surface area contributed by atoms with Gasteiger partial charge in [-0.15, -0.1) is 11.8 Å². The molecule has 3 unspecified atom stereocenters. The first kappa shape index (κ1) is 27.8. The van der Waals surface area contributed by atoms with Gasteiger partial charge in [-0.1, -0.05) is 35.2 Å². The molecule has 8 nitrogen and oxygen atoms in total. The molecule has 3 amide bonds. The van der Waals surface area contributed by atoms with Crippen molar-refractivity contribution >= 4 is 51.1 Å². The fourth-order valence-corrected chi connectivity index (χ4v) is 10.5. The molecule has 1 spiro atoms. The molecule has 38 heavy (non-hydrogen) atoms. The maximum absolute atomic E-state index is 14.0. The van der Waals surface area contributed by atoms with Crippen LogP contribution in [0.25, 0.3) is 0 Å². The molecule has 2 bridgehead atoms. The van der Waals surface area contributed by atoms with Gasteiger partial charge >= 0.3 is 0 Å². The van der Waals surface area contributed by atoms with Crippen molar-refractivity contribution in [2.45, 2.75) is 85.2 Å². The molecule has 1 saturated carbocycles. The lowest BCUT2D eigenvalue weighted by molar-refractivity contribution is -0.139. The minimum atomic E-state index is -0.644. The highest BCUT2D eigenvalue weighted by Gasteiger charge is 2.75. The van der Waals surface area contributed by atoms with Gasteiger partial charge in [0.25, 0.3) is 0 Å². The Morgan fingerprint density at radius 3 is 2.58 bits per heavy atom. The van der Waals surface area contributed by atoms with Crippen LogP contribution in [0.15, 0.2) is 24.3 Å². The van der Waals surface area contributed by atoms with Crippen molar-refractivity contribution in [3.63, 3.8) is 0 Å². The highest BCUT2D eigenvalue weighted by atomic mass is 79.9. The molecule has 5 rings (SSSR count). The number of carbonyl (C=O) groups is 3. The molecule has 1 aromatic rings. The lowest BCUT2D eigenvalue weighted by Gasteiger charge is -2.36. The summed E-state index contributed by atoms with van der Waals surface area (Å²) in [5, 5.41) is 15.6. The van der Waals surface area contributed by atoms with Crippen molar-refractivity contribution in [3.8, 4) is 5.75 Å². The number of benzene rings is 1. The number of rotatable bonds is 10. The predicted octanol–water partition coefficient (Wildman–Crippen LogP) is 3.71. The van der Waals surface area contributed by atoms with Crippen LogP contribution in [-0.2, 0) is 14.4 Å². The summed E-state index contributed by atoms with van der Waals surface area (Å²) in [5.41, 5.74) is 0.656. The van der Waals surface area contributed by atoms with Crippen molar-refractivity contribution in [1.82, 2.24) is 10.2 Å². The van der Waals surface area contributed by atoms with Gasteiger partial charge in [0, 0.05) is 35.0 Å². The van der Waals surface area contributed by atoms with Crippen LogP contribution in [0.5, 0.6) is 5.75 Å². The van der Waals surface area contributed by atoms with E-state index in [1.54, 1.807) is 16.7 Å². The zero-order valence-electron chi connectivity index (χ0n) is 21.9. The quantitative estimate of drug-likeness (QED) is 0.276. The summed E-state index contributed by atoms with van der Waals surface area (Å²) < 4.78 is 4.86. The van der Waals surface area contributed by atoms with Gasteiger partial charge in [0.1, 0.15) is 11.8 Å². The average molecular weight is 609 g/mol. The first-order valence-electron chi connectivity index (χ1n) is 14.0. The van der Waals surface area contributed by atoms with E-state index in [-0.39, 0.29) is 40.4 Å². The first-order valence-corrected chi connectivity index (χ1v) is 15.8. The number of thioether (sulfide) groups is 1. The summed E-state index contributed by atoms with van der Waals surface area (Å²) in [4.78, 5) is 43.4. The molecule has 3 N–H and O–H groups in total. The standard InChI is InChI=1S/C28H38BrN3O5S/c1-2-37-19-12-10-18(11-13-19)30-25(34)21-22-27(36)32(14-6-7-15-33)24(28(22)16-20(29)23(21)38-28)26(35)31-17-8-4-3-5-9-17/h10-13,17,20-24,33H,2-9,14-16H2,1H3,(H,30,34)(H,31,35)/t20?,21-,22+,23-,24?,28?/m1/s1. The highest BCUT2D eigenvalue weighted by Crippen LogP contribution is 2.67. The molecule has 6 atom stereocenters. The number of anilines is 1. The van der Waals surface area contributed by atoms with E-state index in [2.05, 4.69) is 26.6 Å². The fourth-order valence-electron chi connectivity index (χ4n) is 6.92. The third-order valence-electron chi connectivity index (χ3n) is 8.53. The second-order valence-electron chi connectivity index (χ2n) is 10.9. The first-order chi connectivity index (χ1) is 18.4. The summed E-state index contributed by atoms with van der Waals surface area (Å²) in [6.45, 7) is 2.94. The largest absolute Gasteiger partial charge is 0.494 e. The predicted molar refractivity (Wildman–Crippen MR) is 151 cm³/mol. The maximum Gasteiger partial charge on any atom is 0.244 e. The Hall–Kier alpha value is -1.78. The number of alkyl halides is 1.